The average Bonchev–Trinajstić information content (AvgIpc) is 2.41. The number of nitrogen functional groups attached to an aromatic ring is 1. The first-order valence-corrected chi connectivity index (χ1v) is 6.91. The van der Waals surface area contributed by atoms with Gasteiger partial charge in [0.2, 0.25) is 5.95 Å². The summed E-state index contributed by atoms with van der Waals surface area (Å²) in [4.78, 5) is 19.5. The molecule has 116 valence electrons. The van der Waals surface area contributed by atoms with Crippen LogP contribution in [0.3, 0.4) is 0 Å². The van der Waals surface area contributed by atoms with Crippen LogP contribution in [0.4, 0.5) is 5.95 Å². The van der Waals surface area contributed by atoms with Crippen LogP contribution in [0.25, 0.3) is 0 Å². The van der Waals surface area contributed by atoms with Gasteiger partial charge in [-0.3, -0.25) is 0 Å². The van der Waals surface area contributed by atoms with E-state index in [9.17, 15) is 9.90 Å². The van der Waals surface area contributed by atoms with E-state index in [0.717, 1.165) is 16.9 Å². The fraction of sp³-hybridized carbons (Fsp3) is 0.312. The van der Waals surface area contributed by atoms with Crippen LogP contribution in [0.1, 0.15) is 45.9 Å². The van der Waals surface area contributed by atoms with Crippen LogP contribution < -0.4 is 10.5 Å². The largest absolute Gasteiger partial charge is 0.484 e. The normalized spacial score (nSPS) is 12.0. The molecule has 0 aliphatic heterocycles. The topological polar surface area (TPSA) is 98.3 Å². The highest BCUT2D eigenvalue weighted by molar-refractivity contribution is 5.90. The minimum Gasteiger partial charge on any atom is -0.484 e. The van der Waals surface area contributed by atoms with Gasteiger partial charge in [-0.1, -0.05) is 18.2 Å². The van der Waals surface area contributed by atoms with E-state index in [0.29, 0.717) is 5.69 Å². The number of hydrogen-bond donors (Lipinski definition) is 2. The molecule has 0 spiro atoms. The summed E-state index contributed by atoms with van der Waals surface area (Å²) in [5, 5.41) is 9.39. The molecule has 6 heteroatoms. The average molecular weight is 301 g/mol. The van der Waals surface area contributed by atoms with Crippen LogP contribution >= 0.6 is 0 Å². The van der Waals surface area contributed by atoms with Crippen molar-refractivity contribution in [2.75, 3.05) is 5.73 Å². The van der Waals surface area contributed by atoms with Crippen molar-refractivity contribution in [3.63, 3.8) is 0 Å². The van der Waals surface area contributed by atoms with Crippen molar-refractivity contribution < 1.29 is 14.6 Å². The lowest BCUT2D eigenvalue weighted by Crippen LogP contribution is -2.17. The van der Waals surface area contributed by atoms with Crippen molar-refractivity contribution in [2.24, 2.45) is 0 Å². The molecule has 1 aromatic heterocycles. The molecule has 0 saturated carbocycles. The minimum atomic E-state index is -1.09. The minimum absolute atomic E-state index is 0.0351. The Balaban J connectivity index is 2.46. The number of aromatic nitrogens is 2. The maximum absolute atomic E-state index is 11.5. The highest BCUT2D eigenvalue weighted by atomic mass is 16.5. The molecule has 0 fully saturated rings. The highest BCUT2D eigenvalue weighted by Crippen LogP contribution is 2.29. The summed E-state index contributed by atoms with van der Waals surface area (Å²) >= 11 is 0. The maximum Gasteiger partial charge on any atom is 0.339 e. The number of anilines is 1. The van der Waals surface area contributed by atoms with Crippen molar-refractivity contribution in [3.05, 3.63) is 46.3 Å². The fourth-order valence-corrected chi connectivity index (χ4v) is 2.39. The van der Waals surface area contributed by atoms with Gasteiger partial charge in [-0.05, 0) is 38.8 Å². The molecule has 1 aromatic carbocycles. The summed E-state index contributed by atoms with van der Waals surface area (Å²) in [5.74, 6) is -0.333. The predicted octanol–water partition coefficient (Wildman–Crippen LogP) is 2.82. The van der Waals surface area contributed by atoms with Gasteiger partial charge in [0.05, 0.1) is 5.69 Å². The molecule has 1 heterocycles. The fourth-order valence-electron chi connectivity index (χ4n) is 2.39. The number of aryl methyl sites for hydroxylation is 3. The number of nitrogens with two attached hydrogens (primary N) is 1. The number of ether oxygens (including phenoxy) is 1. The molecule has 22 heavy (non-hydrogen) atoms. The molecule has 2 aromatic rings. The van der Waals surface area contributed by atoms with E-state index in [1.54, 1.807) is 13.8 Å². The molecular formula is C16H19N3O3. The number of nitrogens with zero attached hydrogens (tertiary/aromatic N) is 2. The van der Waals surface area contributed by atoms with Gasteiger partial charge < -0.3 is 15.6 Å². The third-order valence-electron chi connectivity index (χ3n) is 3.44. The van der Waals surface area contributed by atoms with E-state index in [4.69, 9.17) is 10.5 Å². The Morgan fingerprint density at radius 3 is 2.36 bits per heavy atom. The number of para-hydroxylation sites is 1. The van der Waals surface area contributed by atoms with Crippen molar-refractivity contribution in [1.82, 2.24) is 9.97 Å². The molecule has 2 rings (SSSR count). The quantitative estimate of drug-likeness (QED) is 0.901. The molecule has 0 amide bonds. The van der Waals surface area contributed by atoms with E-state index in [2.05, 4.69) is 9.97 Å². The summed E-state index contributed by atoms with van der Waals surface area (Å²) in [6, 6.07) is 5.82. The molecule has 0 radical (unpaired) electrons. The first-order valence-electron chi connectivity index (χ1n) is 6.91. The van der Waals surface area contributed by atoms with E-state index in [-0.39, 0.29) is 17.2 Å². The van der Waals surface area contributed by atoms with Gasteiger partial charge in [0.25, 0.3) is 0 Å². The van der Waals surface area contributed by atoms with Crippen molar-refractivity contribution in [3.8, 4) is 5.75 Å². The van der Waals surface area contributed by atoms with Crippen LogP contribution in [0.2, 0.25) is 0 Å². The Hall–Kier alpha value is -2.63. The van der Waals surface area contributed by atoms with Crippen LogP contribution in [0.15, 0.2) is 18.2 Å². The monoisotopic (exact) mass is 301 g/mol. The van der Waals surface area contributed by atoms with Gasteiger partial charge in [-0.25, -0.2) is 14.8 Å². The van der Waals surface area contributed by atoms with E-state index >= 15 is 0 Å². The molecule has 0 aliphatic rings. The summed E-state index contributed by atoms with van der Waals surface area (Å²) in [6.45, 7) is 7.22. The van der Waals surface area contributed by atoms with Crippen LogP contribution in [0, 0.1) is 20.8 Å². The molecule has 0 bridgehead atoms. The van der Waals surface area contributed by atoms with E-state index in [1.807, 2.05) is 32.0 Å². The zero-order chi connectivity index (χ0) is 16.4. The zero-order valence-electron chi connectivity index (χ0n) is 13.0. The summed E-state index contributed by atoms with van der Waals surface area (Å²) in [5.41, 5.74) is 8.24. The van der Waals surface area contributed by atoms with Crippen LogP contribution in [0.5, 0.6) is 5.75 Å². The predicted molar refractivity (Wildman–Crippen MR) is 83.1 cm³/mol. The number of benzene rings is 1. The van der Waals surface area contributed by atoms with Crippen LogP contribution in [-0.2, 0) is 0 Å². The Morgan fingerprint density at radius 1 is 1.23 bits per heavy atom. The Morgan fingerprint density at radius 2 is 1.82 bits per heavy atom. The van der Waals surface area contributed by atoms with Crippen molar-refractivity contribution in [1.29, 1.82) is 0 Å². The number of aromatic carboxylic acids is 1. The molecular weight excluding hydrogens is 282 g/mol. The second kappa shape index (κ2) is 6.01. The van der Waals surface area contributed by atoms with Gasteiger partial charge in [0, 0.05) is 0 Å². The number of carbonyl (C=O) groups is 1. The van der Waals surface area contributed by atoms with Crippen molar-refractivity contribution in [2.45, 2.75) is 33.8 Å². The standard InChI is InChI=1S/C16H19N3O3/c1-8-6-5-7-9(2)14(8)22-11(4)13-12(15(20)21)10(3)18-16(17)19-13/h5-7,11H,1-4H3,(H,20,21)(H2,17,18,19). The van der Waals surface area contributed by atoms with Gasteiger partial charge in [0.15, 0.2) is 0 Å². The number of carboxylic acids is 1. The SMILES string of the molecule is Cc1cccc(C)c1OC(C)c1nc(N)nc(C)c1C(=O)O. The molecule has 1 unspecified atom stereocenters. The smallest absolute Gasteiger partial charge is 0.339 e. The van der Waals surface area contributed by atoms with Gasteiger partial charge in [-0.2, -0.15) is 0 Å². The summed E-state index contributed by atoms with van der Waals surface area (Å²) < 4.78 is 5.95. The van der Waals surface area contributed by atoms with Crippen molar-refractivity contribution >= 4 is 11.9 Å². The van der Waals surface area contributed by atoms with Gasteiger partial charge in [0.1, 0.15) is 23.1 Å². The lowest BCUT2D eigenvalue weighted by molar-refractivity contribution is 0.0689. The summed E-state index contributed by atoms with van der Waals surface area (Å²) in [6.07, 6.45) is -0.560. The Bertz CT molecular complexity index is 709. The lowest BCUT2D eigenvalue weighted by atomic mass is 10.1. The second-order valence-corrected chi connectivity index (χ2v) is 5.21. The molecule has 0 aliphatic carbocycles. The molecule has 0 saturated heterocycles. The first-order chi connectivity index (χ1) is 10.3. The first kappa shape index (κ1) is 15.8. The Kier molecular flexibility index (Phi) is 4.30. The van der Waals surface area contributed by atoms with Gasteiger partial charge in [-0.15, -0.1) is 0 Å². The molecule has 1 atom stereocenters. The van der Waals surface area contributed by atoms with Gasteiger partial charge >= 0.3 is 5.97 Å². The second-order valence-electron chi connectivity index (χ2n) is 5.21. The third kappa shape index (κ3) is 3.00. The Labute approximate surface area is 129 Å². The zero-order valence-corrected chi connectivity index (χ0v) is 13.0. The number of rotatable bonds is 4. The third-order valence-corrected chi connectivity index (χ3v) is 3.44. The van der Waals surface area contributed by atoms with E-state index in [1.165, 1.54) is 0 Å². The maximum atomic E-state index is 11.5. The van der Waals surface area contributed by atoms with Crippen LogP contribution in [-0.4, -0.2) is 21.0 Å². The number of hydrogen-bond acceptors (Lipinski definition) is 5. The molecule has 6 nitrogen and oxygen atoms in total. The summed E-state index contributed by atoms with van der Waals surface area (Å²) in [7, 11) is 0. The highest BCUT2D eigenvalue weighted by Gasteiger charge is 2.23. The van der Waals surface area contributed by atoms with E-state index < -0.39 is 12.1 Å². The molecule has 3 N–H and O–H groups in total. The lowest BCUT2D eigenvalue weighted by Gasteiger charge is -2.20. The number of carboxylic acid groups (broad SMARTS) is 1.